The standard InChI is InChI=1S/C6H15BNS2/c1-4-8(3)6-10-7-9-5-2/h4-6H2,1-3H3. The van der Waals surface area contributed by atoms with Gasteiger partial charge in [-0.25, -0.2) is 11.6 Å². The van der Waals surface area contributed by atoms with E-state index >= 15 is 0 Å². The molecule has 0 aromatic rings. The van der Waals surface area contributed by atoms with Gasteiger partial charge in [-0.05, 0) is 19.3 Å². The number of nitrogens with zero attached hydrogens (tertiary/aromatic N) is 1. The van der Waals surface area contributed by atoms with E-state index in [1.165, 1.54) is 5.75 Å². The van der Waals surface area contributed by atoms with Crippen LogP contribution in [0, 0.1) is 0 Å². The summed E-state index contributed by atoms with van der Waals surface area (Å²) in [5.41, 5.74) is 0. The molecule has 10 heavy (non-hydrogen) atoms. The highest BCUT2D eigenvalue weighted by Gasteiger charge is 1.94. The maximum absolute atomic E-state index is 2.29. The van der Waals surface area contributed by atoms with Crippen LogP contribution in [0.2, 0.25) is 0 Å². The highest BCUT2D eigenvalue weighted by atomic mass is 32.2. The lowest BCUT2D eigenvalue weighted by Gasteiger charge is -2.11. The van der Waals surface area contributed by atoms with E-state index in [0.29, 0.717) is 0 Å². The molecule has 0 aliphatic carbocycles. The van der Waals surface area contributed by atoms with Crippen molar-refractivity contribution in [3.8, 4) is 0 Å². The van der Waals surface area contributed by atoms with Gasteiger partial charge in [0.15, 0.2) is 0 Å². The lowest BCUT2D eigenvalue weighted by Crippen LogP contribution is -2.16. The molecule has 0 aromatic carbocycles. The first-order chi connectivity index (χ1) is 4.81. The number of hydrogen-bond acceptors (Lipinski definition) is 3. The molecular weight excluding hydrogens is 161 g/mol. The number of rotatable bonds is 6. The lowest BCUT2D eigenvalue weighted by molar-refractivity contribution is 0.417. The fourth-order valence-corrected chi connectivity index (χ4v) is 1.97. The summed E-state index contributed by atoms with van der Waals surface area (Å²) in [5, 5.41) is 0. The average molecular weight is 176 g/mol. The van der Waals surface area contributed by atoms with Crippen molar-refractivity contribution >= 4 is 29.1 Å². The molecular formula is C6H15BNS2. The Hall–Kier alpha value is 0.725. The summed E-state index contributed by atoms with van der Waals surface area (Å²) in [6.07, 6.45) is 0. The molecule has 0 aromatic heterocycles. The maximum Gasteiger partial charge on any atom is 0.269 e. The zero-order valence-corrected chi connectivity index (χ0v) is 8.60. The Morgan fingerprint density at radius 1 is 1.30 bits per heavy atom. The first-order valence-electron chi connectivity index (χ1n) is 3.54. The maximum atomic E-state index is 2.29. The van der Waals surface area contributed by atoms with Crippen LogP contribution in [0.1, 0.15) is 13.8 Å². The molecule has 0 aliphatic rings. The third-order valence-corrected chi connectivity index (χ3v) is 3.15. The second kappa shape index (κ2) is 7.83. The van der Waals surface area contributed by atoms with E-state index < -0.39 is 0 Å². The Bertz CT molecular complexity index is 72.8. The first-order valence-corrected chi connectivity index (χ1v) is 5.64. The average Bonchev–Trinajstić information content (AvgIpc) is 1.98. The van der Waals surface area contributed by atoms with Gasteiger partial charge < -0.3 is 0 Å². The predicted octanol–water partition coefficient (Wildman–Crippen LogP) is 1.92. The van der Waals surface area contributed by atoms with Crippen LogP contribution in [-0.4, -0.2) is 36.0 Å². The summed E-state index contributed by atoms with van der Waals surface area (Å²) in [5.74, 6) is 4.51. The fourth-order valence-electron chi connectivity index (χ4n) is 0.365. The number of hydrogen-bond donors (Lipinski definition) is 0. The molecule has 1 nitrogen and oxygen atoms in total. The smallest absolute Gasteiger partial charge is 0.269 e. The molecule has 0 amide bonds. The minimum atomic E-state index is 1.11. The molecule has 59 valence electrons. The normalized spacial score (nSPS) is 10.4. The van der Waals surface area contributed by atoms with Crippen molar-refractivity contribution < 1.29 is 0 Å². The molecule has 4 heteroatoms. The van der Waals surface area contributed by atoms with Crippen LogP contribution in [0.15, 0.2) is 0 Å². The second-order valence-corrected chi connectivity index (χ2v) is 4.29. The predicted molar refractivity (Wildman–Crippen MR) is 54.6 cm³/mol. The van der Waals surface area contributed by atoms with Crippen LogP contribution in [-0.2, 0) is 0 Å². The molecule has 1 radical (unpaired) electrons. The molecule has 0 N–H and O–H groups in total. The molecule has 0 rings (SSSR count). The summed E-state index contributed by atoms with van der Waals surface area (Å²) in [7, 11) is 2.14. The van der Waals surface area contributed by atoms with Crippen LogP contribution in [0.3, 0.4) is 0 Å². The van der Waals surface area contributed by atoms with Gasteiger partial charge in [-0.1, -0.05) is 13.8 Å². The largest absolute Gasteiger partial charge is 0.298 e. The summed E-state index contributed by atoms with van der Waals surface area (Å²) in [4.78, 5) is 2.29. The Morgan fingerprint density at radius 2 is 2.00 bits per heavy atom. The molecule has 0 saturated carbocycles. The van der Waals surface area contributed by atoms with E-state index in [2.05, 4.69) is 31.6 Å². The Morgan fingerprint density at radius 3 is 2.50 bits per heavy atom. The van der Waals surface area contributed by atoms with Crippen LogP contribution in [0.25, 0.3) is 0 Å². The highest BCUT2D eigenvalue weighted by Crippen LogP contribution is 2.08. The molecule has 0 heterocycles. The second-order valence-electron chi connectivity index (χ2n) is 2.02. The first kappa shape index (κ1) is 10.7. The van der Waals surface area contributed by atoms with Gasteiger partial charge in [0.05, 0.1) is 0 Å². The monoisotopic (exact) mass is 176 g/mol. The highest BCUT2D eigenvalue weighted by molar-refractivity contribution is 8.50. The quantitative estimate of drug-likeness (QED) is 0.346. The summed E-state index contributed by atoms with van der Waals surface area (Å²) in [6, 6.07) is 0. The Balaban J connectivity index is 2.89. The molecule has 0 bridgehead atoms. The van der Waals surface area contributed by atoms with Gasteiger partial charge in [-0.2, -0.15) is 11.6 Å². The summed E-state index contributed by atoms with van der Waals surface area (Å²) >= 11 is 3.75. The van der Waals surface area contributed by atoms with E-state index in [1.807, 2.05) is 23.2 Å². The molecule has 0 aliphatic heterocycles. The Labute approximate surface area is 73.4 Å². The van der Waals surface area contributed by atoms with Crippen LogP contribution in [0.4, 0.5) is 0 Å². The molecule has 0 saturated heterocycles. The van der Waals surface area contributed by atoms with Gasteiger partial charge in [0.1, 0.15) is 0 Å². The van der Waals surface area contributed by atoms with Crippen molar-refractivity contribution in [3.63, 3.8) is 0 Å². The van der Waals surface area contributed by atoms with Crippen molar-refractivity contribution in [2.24, 2.45) is 0 Å². The third kappa shape index (κ3) is 6.84. The van der Waals surface area contributed by atoms with Crippen molar-refractivity contribution in [2.45, 2.75) is 13.8 Å². The van der Waals surface area contributed by atoms with Crippen LogP contribution in [0.5, 0.6) is 0 Å². The SMILES string of the molecule is CCS[B]SCN(C)CC. The zero-order valence-electron chi connectivity index (χ0n) is 6.96. The van der Waals surface area contributed by atoms with Gasteiger partial charge in [0.25, 0.3) is 5.84 Å². The Kier molecular flexibility index (Phi) is 8.40. The van der Waals surface area contributed by atoms with Crippen molar-refractivity contribution in [2.75, 3.05) is 25.2 Å². The van der Waals surface area contributed by atoms with Gasteiger partial charge in [0.2, 0.25) is 0 Å². The van der Waals surface area contributed by atoms with Gasteiger partial charge in [-0.3, -0.25) is 4.90 Å². The van der Waals surface area contributed by atoms with Crippen LogP contribution >= 0.6 is 23.2 Å². The topological polar surface area (TPSA) is 3.24 Å². The fraction of sp³-hybridized carbons (Fsp3) is 1.00. The zero-order chi connectivity index (χ0) is 7.82. The lowest BCUT2D eigenvalue weighted by atomic mass is 10.7. The minimum absolute atomic E-state index is 1.11. The van der Waals surface area contributed by atoms with E-state index in [4.69, 9.17) is 0 Å². The molecule has 0 atom stereocenters. The van der Waals surface area contributed by atoms with E-state index in [1.54, 1.807) is 0 Å². The molecule has 0 spiro atoms. The molecule has 0 unspecified atom stereocenters. The van der Waals surface area contributed by atoms with Crippen molar-refractivity contribution in [1.29, 1.82) is 0 Å². The van der Waals surface area contributed by atoms with Gasteiger partial charge in [-0.15, -0.1) is 0 Å². The summed E-state index contributed by atoms with van der Waals surface area (Å²) < 4.78 is 0. The van der Waals surface area contributed by atoms with E-state index in [-0.39, 0.29) is 0 Å². The van der Waals surface area contributed by atoms with Gasteiger partial charge >= 0.3 is 0 Å². The third-order valence-electron chi connectivity index (χ3n) is 1.14. The van der Waals surface area contributed by atoms with Crippen molar-refractivity contribution in [1.82, 2.24) is 4.90 Å². The van der Waals surface area contributed by atoms with Gasteiger partial charge in [0, 0.05) is 5.88 Å². The minimum Gasteiger partial charge on any atom is -0.298 e. The van der Waals surface area contributed by atoms with Crippen LogP contribution < -0.4 is 0 Å². The van der Waals surface area contributed by atoms with E-state index in [0.717, 1.165) is 12.4 Å². The summed E-state index contributed by atoms with van der Waals surface area (Å²) in [6.45, 7) is 5.48. The molecule has 0 fully saturated rings. The van der Waals surface area contributed by atoms with Crippen molar-refractivity contribution in [3.05, 3.63) is 0 Å². The van der Waals surface area contributed by atoms with E-state index in [9.17, 15) is 0 Å².